The number of rotatable bonds is 11. The van der Waals surface area contributed by atoms with Crippen molar-refractivity contribution in [1.29, 1.82) is 0 Å². The number of likely N-dealkylation sites (N-methyl/N-ethyl adjacent to an activating group) is 1. The zero-order valence-corrected chi connectivity index (χ0v) is 20.0. The van der Waals surface area contributed by atoms with Gasteiger partial charge in [0, 0.05) is 35.3 Å². The summed E-state index contributed by atoms with van der Waals surface area (Å²) in [6.45, 7) is 8.01. The molecule has 0 saturated heterocycles. The van der Waals surface area contributed by atoms with Crippen molar-refractivity contribution in [1.82, 2.24) is 15.5 Å². The second-order valence-electron chi connectivity index (χ2n) is 8.30. The Balaban J connectivity index is 0. The first-order chi connectivity index (χ1) is 15.5. The minimum Gasteiger partial charge on any atom is -0.492 e. The summed E-state index contributed by atoms with van der Waals surface area (Å²) < 4.78 is 10.7. The molecule has 0 unspecified atom stereocenters. The summed E-state index contributed by atoms with van der Waals surface area (Å²) in [6, 6.07) is 7.67. The van der Waals surface area contributed by atoms with Gasteiger partial charge in [0.25, 0.3) is 0 Å². The molecular weight excluding hydrogens is 426 g/mol. The summed E-state index contributed by atoms with van der Waals surface area (Å²) in [5.74, 6) is 0.170. The van der Waals surface area contributed by atoms with Gasteiger partial charge in [0.2, 0.25) is 11.8 Å². The number of aryl methyl sites for hydroxylation is 1. The Bertz CT molecular complexity index is 855. The average Bonchev–Trinajstić information content (AvgIpc) is 2.72. The molecule has 33 heavy (non-hydrogen) atoms. The highest BCUT2D eigenvalue weighted by molar-refractivity contribution is 5.89. The lowest BCUT2D eigenvalue weighted by Crippen LogP contribution is -2.35. The number of amides is 3. The van der Waals surface area contributed by atoms with E-state index in [4.69, 9.17) is 15.2 Å². The van der Waals surface area contributed by atoms with Crippen LogP contribution in [-0.4, -0.2) is 67.9 Å². The second kappa shape index (κ2) is 13.8. The van der Waals surface area contributed by atoms with Gasteiger partial charge in [-0.25, -0.2) is 4.79 Å². The highest BCUT2D eigenvalue weighted by atomic mass is 16.6. The molecule has 1 aromatic carbocycles. The van der Waals surface area contributed by atoms with E-state index < -0.39 is 11.7 Å². The van der Waals surface area contributed by atoms with E-state index in [1.807, 2.05) is 31.2 Å². The molecule has 0 aromatic heterocycles. The lowest BCUT2D eigenvalue weighted by molar-refractivity contribution is -0.128. The monoisotopic (exact) mass is 465 g/mol. The number of alkyl carbamates (subject to hydrolysis) is 1. The molecule has 0 atom stereocenters. The van der Waals surface area contributed by atoms with Gasteiger partial charge in [0.15, 0.2) is 0 Å². The van der Waals surface area contributed by atoms with Gasteiger partial charge in [0.1, 0.15) is 24.5 Å². The summed E-state index contributed by atoms with van der Waals surface area (Å²) >= 11 is 0. The van der Waals surface area contributed by atoms with Gasteiger partial charge in [-0.15, -0.1) is 0 Å². The standard InChI is InChI=1S/C23H35N5O5.2H2/c1-17-6-8-19(9-7-17)32-13-12-28(5)21(30)16-25-15-18(14-24)27-20(29)10-11-26-22(31)33-23(2,3)4;;/h6-9,14-15H,10-13,16,24H2,1-5H3,(H,26,31)(H,27,29);2*1H/b18-14+,25-15?;;. The summed E-state index contributed by atoms with van der Waals surface area (Å²) in [7, 11) is 1.66. The number of hydrogen-bond donors (Lipinski definition) is 3. The van der Waals surface area contributed by atoms with Crippen LogP contribution in [-0.2, 0) is 14.3 Å². The van der Waals surface area contributed by atoms with Gasteiger partial charge in [-0.2, -0.15) is 0 Å². The van der Waals surface area contributed by atoms with E-state index in [2.05, 4.69) is 15.6 Å². The minimum atomic E-state index is -0.613. The molecule has 4 N–H and O–H groups in total. The van der Waals surface area contributed by atoms with Crippen molar-refractivity contribution in [2.24, 2.45) is 10.7 Å². The predicted molar refractivity (Wildman–Crippen MR) is 131 cm³/mol. The Morgan fingerprint density at radius 1 is 1.21 bits per heavy atom. The summed E-state index contributed by atoms with van der Waals surface area (Å²) in [5, 5.41) is 5.05. The molecule has 10 heteroatoms. The molecule has 186 valence electrons. The third kappa shape index (κ3) is 12.8. The van der Waals surface area contributed by atoms with Crippen LogP contribution in [0.1, 0.15) is 35.6 Å². The number of hydrogen-bond acceptors (Lipinski definition) is 7. The van der Waals surface area contributed by atoms with Crippen molar-refractivity contribution in [3.05, 3.63) is 41.7 Å². The molecule has 0 saturated carbocycles. The maximum absolute atomic E-state index is 12.2. The number of nitrogens with one attached hydrogen (secondary N) is 2. The van der Waals surface area contributed by atoms with E-state index in [0.717, 1.165) is 11.3 Å². The van der Waals surface area contributed by atoms with Gasteiger partial charge < -0.3 is 30.7 Å². The number of nitrogens with zero attached hydrogens (tertiary/aromatic N) is 2. The van der Waals surface area contributed by atoms with E-state index >= 15 is 0 Å². The van der Waals surface area contributed by atoms with Crippen LogP contribution in [0.15, 0.2) is 41.2 Å². The second-order valence-corrected chi connectivity index (χ2v) is 8.30. The maximum atomic E-state index is 12.2. The fraction of sp³-hybridized carbons (Fsp3) is 0.478. The molecule has 0 heterocycles. The van der Waals surface area contributed by atoms with Crippen molar-refractivity contribution in [3.63, 3.8) is 0 Å². The van der Waals surface area contributed by atoms with Crippen LogP contribution in [0.2, 0.25) is 0 Å². The first kappa shape index (κ1) is 27.5. The number of carbonyl (C=O) groups is 3. The third-order valence-electron chi connectivity index (χ3n) is 4.08. The normalized spacial score (nSPS) is 11.7. The molecule has 0 aliphatic rings. The minimum absolute atomic E-state index is 0. The number of allylic oxidation sites excluding steroid dienone is 1. The summed E-state index contributed by atoms with van der Waals surface area (Å²) in [6.07, 6.45) is 1.91. The lowest BCUT2D eigenvalue weighted by Gasteiger charge is -2.19. The molecule has 0 radical (unpaired) electrons. The Kier molecular flexibility index (Phi) is 11.5. The molecule has 0 fully saturated rings. The quantitative estimate of drug-likeness (QED) is 0.429. The van der Waals surface area contributed by atoms with Crippen LogP contribution in [0.3, 0.4) is 0 Å². The number of aliphatic imine (C=N–C) groups is 1. The maximum Gasteiger partial charge on any atom is 0.407 e. The Morgan fingerprint density at radius 2 is 1.88 bits per heavy atom. The smallest absolute Gasteiger partial charge is 0.407 e. The summed E-state index contributed by atoms with van der Waals surface area (Å²) in [4.78, 5) is 41.3. The fourth-order valence-corrected chi connectivity index (χ4v) is 2.34. The van der Waals surface area contributed by atoms with E-state index in [1.165, 1.54) is 17.3 Å². The number of carbonyl (C=O) groups excluding carboxylic acids is 3. The highest BCUT2D eigenvalue weighted by Gasteiger charge is 2.16. The number of nitrogens with two attached hydrogens (primary N) is 1. The van der Waals surface area contributed by atoms with Crippen LogP contribution in [0.25, 0.3) is 0 Å². The SMILES string of the molecule is Cc1ccc(OCCN(C)C(=O)CN=C/C(=C\N)NC(=O)CCNC(=O)OC(C)(C)C)cc1.[HH].[HH]. The average molecular weight is 466 g/mol. The van der Waals surface area contributed by atoms with Gasteiger partial charge in [-0.05, 0) is 39.8 Å². The molecule has 0 spiro atoms. The topological polar surface area (TPSA) is 135 Å². The van der Waals surface area contributed by atoms with Crippen molar-refractivity contribution in [2.45, 2.75) is 39.7 Å². The fourth-order valence-electron chi connectivity index (χ4n) is 2.34. The zero-order chi connectivity index (χ0) is 24.9. The van der Waals surface area contributed by atoms with Gasteiger partial charge in [-0.1, -0.05) is 17.7 Å². The highest BCUT2D eigenvalue weighted by Crippen LogP contribution is 2.11. The molecule has 1 aromatic rings. The van der Waals surface area contributed by atoms with Gasteiger partial charge >= 0.3 is 6.09 Å². The van der Waals surface area contributed by atoms with Crippen molar-refractivity contribution in [2.75, 3.05) is 33.3 Å². The first-order valence-electron chi connectivity index (χ1n) is 10.6. The Hall–Kier alpha value is -3.56. The molecule has 0 bridgehead atoms. The lowest BCUT2D eigenvalue weighted by atomic mass is 10.2. The van der Waals surface area contributed by atoms with Crippen LogP contribution < -0.4 is 21.1 Å². The molecule has 0 aliphatic carbocycles. The first-order valence-corrected chi connectivity index (χ1v) is 10.6. The number of ether oxygens (including phenoxy) is 2. The molecule has 3 amide bonds. The van der Waals surface area contributed by atoms with E-state index in [-0.39, 0.29) is 39.9 Å². The van der Waals surface area contributed by atoms with E-state index in [0.29, 0.717) is 13.2 Å². The Labute approximate surface area is 198 Å². The van der Waals surface area contributed by atoms with Crippen LogP contribution >= 0.6 is 0 Å². The largest absolute Gasteiger partial charge is 0.492 e. The molecule has 0 aliphatic heterocycles. The predicted octanol–water partition coefficient (Wildman–Crippen LogP) is 2.23. The van der Waals surface area contributed by atoms with Crippen LogP contribution in [0.4, 0.5) is 4.79 Å². The van der Waals surface area contributed by atoms with Gasteiger partial charge in [0.05, 0.1) is 12.2 Å². The molecule has 1 rings (SSSR count). The van der Waals surface area contributed by atoms with Crippen molar-refractivity contribution in [3.8, 4) is 5.75 Å². The Morgan fingerprint density at radius 3 is 2.48 bits per heavy atom. The molecular formula is C23H39N5O5. The molecule has 10 nitrogen and oxygen atoms in total. The van der Waals surface area contributed by atoms with Crippen molar-refractivity contribution >= 4 is 24.1 Å². The summed E-state index contributed by atoms with van der Waals surface area (Å²) in [5.41, 5.74) is 6.28. The van der Waals surface area contributed by atoms with E-state index in [9.17, 15) is 14.4 Å². The number of benzene rings is 1. The third-order valence-corrected chi connectivity index (χ3v) is 4.08. The van der Waals surface area contributed by atoms with Gasteiger partial charge in [-0.3, -0.25) is 14.6 Å². The van der Waals surface area contributed by atoms with E-state index in [1.54, 1.807) is 27.8 Å². The van der Waals surface area contributed by atoms with Crippen LogP contribution in [0.5, 0.6) is 5.75 Å². The zero-order valence-electron chi connectivity index (χ0n) is 20.0. The van der Waals surface area contributed by atoms with Crippen molar-refractivity contribution < 1.29 is 26.7 Å². The van der Waals surface area contributed by atoms with Crippen LogP contribution in [0, 0.1) is 6.92 Å².